The van der Waals surface area contributed by atoms with E-state index in [-0.39, 0.29) is 17.4 Å². The number of carbonyl (C=O) groups excluding carboxylic acids is 1. The standard InChI is InChI=1S/C12H18N2O3/c1-4-14(5-2)12(16)8-6-10(15)11(17-3)7-9(8)13/h6-7,15H,4-5,13H2,1-3H3. The number of benzene rings is 1. The molecular weight excluding hydrogens is 220 g/mol. The van der Waals surface area contributed by atoms with Crippen molar-refractivity contribution < 1.29 is 14.6 Å². The second-order valence-electron chi connectivity index (χ2n) is 3.59. The predicted octanol–water partition coefficient (Wildman–Crippen LogP) is 1.46. The topological polar surface area (TPSA) is 75.8 Å². The smallest absolute Gasteiger partial charge is 0.256 e. The summed E-state index contributed by atoms with van der Waals surface area (Å²) in [4.78, 5) is 13.7. The van der Waals surface area contributed by atoms with Crippen molar-refractivity contribution in [1.29, 1.82) is 0 Å². The van der Waals surface area contributed by atoms with Gasteiger partial charge in [-0.3, -0.25) is 4.79 Å². The second-order valence-corrected chi connectivity index (χ2v) is 3.59. The van der Waals surface area contributed by atoms with Crippen molar-refractivity contribution in [3.8, 4) is 11.5 Å². The summed E-state index contributed by atoms with van der Waals surface area (Å²) in [7, 11) is 1.43. The maximum Gasteiger partial charge on any atom is 0.256 e. The molecule has 3 N–H and O–H groups in total. The molecule has 1 rings (SSSR count). The molecule has 0 aliphatic rings. The van der Waals surface area contributed by atoms with Crippen LogP contribution in [0.25, 0.3) is 0 Å². The Hall–Kier alpha value is -1.91. The molecule has 0 fully saturated rings. The Morgan fingerprint density at radius 2 is 2.00 bits per heavy atom. The van der Waals surface area contributed by atoms with E-state index in [1.807, 2.05) is 13.8 Å². The molecule has 0 unspecified atom stereocenters. The fourth-order valence-corrected chi connectivity index (χ4v) is 1.61. The number of amides is 1. The van der Waals surface area contributed by atoms with Gasteiger partial charge in [0.1, 0.15) is 0 Å². The van der Waals surface area contributed by atoms with Crippen LogP contribution in [0.15, 0.2) is 12.1 Å². The van der Waals surface area contributed by atoms with Crippen LogP contribution in [-0.2, 0) is 0 Å². The summed E-state index contributed by atoms with van der Waals surface area (Å²) < 4.78 is 4.92. The first-order valence-electron chi connectivity index (χ1n) is 5.50. The van der Waals surface area contributed by atoms with Crippen LogP contribution in [-0.4, -0.2) is 36.1 Å². The highest BCUT2D eigenvalue weighted by Crippen LogP contribution is 2.31. The summed E-state index contributed by atoms with van der Waals surface area (Å²) in [6.45, 7) is 4.98. The number of nitrogens with two attached hydrogens (primary N) is 1. The zero-order chi connectivity index (χ0) is 13.0. The van der Waals surface area contributed by atoms with Gasteiger partial charge < -0.3 is 20.5 Å². The molecule has 5 heteroatoms. The first-order chi connectivity index (χ1) is 8.04. The molecule has 17 heavy (non-hydrogen) atoms. The van der Waals surface area contributed by atoms with Gasteiger partial charge >= 0.3 is 0 Å². The highest BCUT2D eigenvalue weighted by atomic mass is 16.5. The third-order valence-electron chi connectivity index (χ3n) is 2.63. The Kier molecular flexibility index (Phi) is 4.20. The molecule has 0 spiro atoms. The predicted molar refractivity (Wildman–Crippen MR) is 66.3 cm³/mol. The molecule has 0 aromatic heterocycles. The quantitative estimate of drug-likeness (QED) is 0.615. The van der Waals surface area contributed by atoms with E-state index in [1.54, 1.807) is 4.90 Å². The van der Waals surface area contributed by atoms with Crippen molar-refractivity contribution in [1.82, 2.24) is 4.90 Å². The molecule has 0 aliphatic heterocycles. The lowest BCUT2D eigenvalue weighted by Crippen LogP contribution is -2.31. The van der Waals surface area contributed by atoms with Gasteiger partial charge in [0.15, 0.2) is 11.5 Å². The summed E-state index contributed by atoms with van der Waals surface area (Å²) in [6.07, 6.45) is 0. The Balaban J connectivity index is 3.14. The number of anilines is 1. The molecule has 0 saturated heterocycles. The molecule has 94 valence electrons. The minimum Gasteiger partial charge on any atom is -0.504 e. The van der Waals surface area contributed by atoms with Gasteiger partial charge in [0, 0.05) is 24.8 Å². The number of methoxy groups -OCH3 is 1. The SMILES string of the molecule is CCN(CC)C(=O)c1cc(O)c(OC)cc1N. The zero-order valence-corrected chi connectivity index (χ0v) is 10.4. The lowest BCUT2D eigenvalue weighted by atomic mass is 10.1. The Labute approximate surface area is 101 Å². The summed E-state index contributed by atoms with van der Waals surface area (Å²) >= 11 is 0. The van der Waals surface area contributed by atoms with Crippen LogP contribution in [0.4, 0.5) is 5.69 Å². The number of nitrogens with zero attached hydrogens (tertiary/aromatic N) is 1. The van der Waals surface area contributed by atoms with Crippen molar-refractivity contribution in [3.63, 3.8) is 0 Å². The molecule has 0 bridgehead atoms. The van der Waals surface area contributed by atoms with Crippen LogP contribution < -0.4 is 10.5 Å². The molecule has 0 saturated carbocycles. The number of rotatable bonds is 4. The number of hydrogen-bond acceptors (Lipinski definition) is 4. The average molecular weight is 238 g/mol. The summed E-state index contributed by atoms with van der Waals surface area (Å²) in [5, 5.41) is 9.64. The van der Waals surface area contributed by atoms with Crippen LogP contribution in [0.1, 0.15) is 24.2 Å². The first kappa shape index (κ1) is 13.2. The van der Waals surface area contributed by atoms with Crippen LogP contribution in [0.3, 0.4) is 0 Å². The van der Waals surface area contributed by atoms with Gasteiger partial charge in [-0.2, -0.15) is 0 Å². The van der Waals surface area contributed by atoms with Crippen molar-refractivity contribution >= 4 is 11.6 Å². The van der Waals surface area contributed by atoms with Crippen LogP contribution in [0, 0.1) is 0 Å². The molecule has 0 aliphatic carbocycles. The zero-order valence-electron chi connectivity index (χ0n) is 10.4. The molecule has 1 aromatic rings. The maximum absolute atomic E-state index is 12.1. The van der Waals surface area contributed by atoms with E-state index in [4.69, 9.17) is 10.5 Å². The average Bonchev–Trinajstić information content (AvgIpc) is 2.32. The number of phenols is 1. The maximum atomic E-state index is 12.1. The molecule has 1 amide bonds. The molecular formula is C12H18N2O3. The molecule has 0 atom stereocenters. The molecule has 0 heterocycles. The van der Waals surface area contributed by atoms with E-state index in [2.05, 4.69) is 0 Å². The van der Waals surface area contributed by atoms with Gasteiger partial charge in [-0.25, -0.2) is 0 Å². The fraction of sp³-hybridized carbons (Fsp3) is 0.417. The van der Waals surface area contributed by atoms with Gasteiger partial charge in [0.05, 0.1) is 12.7 Å². The van der Waals surface area contributed by atoms with E-state index in [9.17, 15) is 9.90 Å². The third-order valence-corrected chi connectivity index (χ3v) is 2.63. The normalized spacial score (nSPS) is 10.1. The second kappa shape index (κ2) is 5.43. The molecule has 1 aromatic carbocycles. The first-order valence-corrected chi connectivity index (χ1v) is 5.50. The van der Waals surface area contributed by atoms with Crippen LogP contribution in [0.2, 0.25) is 0 Å². The van der Waals surface area contributed by atoms with Gasteiger partial charge in [-0.05, 0) is 19.9 Å². The highest BCUT2D eigenvalue weighted by molar-refractivity contribution is 6.00. The number of ether oxygens (including phenoxy) is 1. The van der Waals surface area contributed by atoms with E-state index in [1.165, 1.54) is 19.2 Å². The van der Waals surface area contributed by atoms with Gasteiger partial charge in [-0.15, -0.1) is 0 Å². The fourth-order valence-electron chi connectivity index (χ4n) is 1.61. The number of carbonyl (C=O) groups is 1. The lowest BCUT2D eigenvalue weighted by molar-refractivity contribution is 0.0773. The Morgan fingerprint density at radius 3 is 2.47 bits per heavy atom. The third kappa shape index (κ3) is 2.61. The van der Waals surface area contributed by atoms with Crippen molar-refractivity contribution in [2.24, 2.45) is 0 Å². The van der Waals surface area contributed by atoms with Crippen LogP contribution >= 0.6 is 0 Å². The lowest BCUT2D eigenvalue weighted by Gasteiger charge is -2.20. The Bertz CT molecular complexity index is 414. The minimum atomic E-state index is -0.189. The van der Waals surface area contributed by atoms with E-state index >= 15 is 0 Å². The molecule has 0 radical (unpaired) electrons. The van der Waals surface area contributed by atoms with Gasteiger partial charge in [-0.1, -0.05) is 0 Å². The van der Waals surface area contributed by atoms with Gasteiger partial charge in [0.2, 0.25) is 0 Å². The van der Waals surface area contributed by atoms with Crippen molar-refractivity contribution in [2.75, 3.05) is 25.9 Å². The summed E-state index contributed by atoms with van der Waals surface area (Å²) in [5.41, 5.74) is 6.38. The van der Waals surface area contributed by atoms with E-state index < -0.39 is 0 Å². The summed E-state index contributed by atoms with van der Waals surface area (Å²) in [5.74, 6) is -0.0127. The van der Waals surface area contributed by atoms with Crippen molar-refractivity contribution in [2.45, 2.75) is 13.8 Å². The van der Waals surface area contributed by atoms with Crippen LogP contribution in [0.5, 0.6) is 11.5 Å². The number of nitrogen functional groups attached to an aromatic ring is 1. The van der Waals surface area contributed by atoms with Gasteiger partial charge in [0.25, 0.3) is 5.91 Å². The van der Waals surface area contributed by atoms with E-state index in [0.717, 1.165) is 0 Å². The highest BCUT2D eigenvalue weighted by Gasteiger charge is 2.18. The number of phenolic OH excluding ortho intramolecular Hbond substituents is 1. The molecule has 5 nitrogen and oxygen atoms in total. The Morgan fingerprint density at radius 1 is 1.41 bits per heavy atom. The minimum absolute atomic E-state index is 0.0859. The van der Waals surface area contributed by atoms with E-state index in [0.29, 0.717) is 24.3 Å². The number of hydrogen-bond donors (Lipinski definition) is 2. The monoisotopic (exact) mass is 238 g/mol. The largest absolute Gasteiger partial charge is 0.504 e. The summed E-state index contributed by atoms with van der Waals surface area (Å²) in [6, 6.07) is 2.79. The number of aromatic hydroxyl groups is 1. The van der Waals surface area contributed by atoms with Crippen molar-refractivity contribution in [3.05, 3.63) is 17.7 Å².